The lowest BCUT2D eigenvalue weighted by molar-refractivity contribution is -0.156. The second-order valence-corrected chi connectivity index (χ2v) is 6.33. The SMILES string of the molecule is CCCc1ccc(C(=O)OC(C(=O)OCc2ccco2)c2ccccc2)cc1. The van der Waals surface area contributed by atoms with Crippen molar-refractivity contribution in [1.29, 1.82) is 0 Å². The van der Waals surface area contributed by atoms with E-state index < -0.39 is 18.0 Å². The van der Waals surface area contributed by atoms with Crippen molar-refractivity contribution in [1.82, 2.24) is 0 Å². The topological polar surface area (TPSA) is 65.7 Å². The minimum Gasteiger partial charge on any atom is -0.466 e. The Kier molecular flexibility index (Phi) is 6.63. The van der Waals surface area contributed by atoms with E-state index in [4.69, 9.17) is 13.9 Å². The van der Waals surface area contributed by atoms with Crippen molar-refractivity contribution in [3.8, 4) is 0 Å². The molecule has 0 aliphatic heterocycles. The summed E-state index contributed by atoms with van der Waals surface area (Å²) < 4.78 is 16.0. The lowest BCUT2D eigenvalue weighted by Gasteiger charge is -2.17. The summed E-state index contributed by atoms with van der Waals surface area (Å²) in [4.78, 5) is 25.2. The average Bonchev–Trinajstić information content (AvgIpc) is 3.25. The van der Waals surface area contributed by atoms with E-state index in [0.717, 1.165) is 18.4 Å². The zero-order valence-electron chi connectivity index (χ0n) is 15.7. The van der Waals surface area contributed by atoms with Crippen LogP contribution in [0.3, 0.4) is 0 Å². The highest BCUT2D eigenvalue weighted by Gasteiger charge is 2.27. The Morgan fingerprint density at radius 3 is 2.36 bits per heavy atom. The Morgan fingerprint density at radius 2 is 1.71 bits per heavy atom. The molecule has 1 unspecified atom stereocenters. The van der Waals surface area contributed by atoms with Crippen molar-refractivity contribution in [3.63, 3.8) is 0 Å². The fraction of sp³-hybridized carbons (Fsp3) is 0.217. The van der Waals surface area contributed by atoms with Gasteiger partial charge in [0.15, 0.2) is 0 Å². The highest BCUT2D eigenvalue weighted by Crippen LogP contribution is 2.22. The quantitative estimate of drug-likeness (QED) is 0.523. The molecule has 0 bridgehead atoms. The molecule has 5 nitrogen and oxygen atoms in total. The van der Waals surface area contributed by atoms with Gasteiger partial charge in [-0.15, -0.1) is 0 Å². The van der Waals surface area contributed by atoms with E-state index in [2.05, 4.69) is 6.92 Å². The van der Waals surface area contributed by atoms with Crippen molar-refractivity contribution in [3.05, 3.63) is 95.4 Å². The first-order valence-corrected chi connectivity index (χ1v) is 9.21. The molecule has 0 aliphatic rings. The summed E-state index contributed by atoms with van der Waals surface area (Å²) >= 11 is 0. The standard InChI is InChI=1S/C23H22O5/c1-2-7-17-11-13-19(14-12-17)22(24)28-21(18-8-4-3-5-9-18)23(25)27-16-20-10-6-15-26-20/h3-6,8-15,21H,2,7,16H2,1H3. The van der Waals surface area contributed by atoms with Gasteiger partial charge in [0, 0.05) is 5.56 Å². The maximum atomic E-state index is 12.6. The second kappa shape index (κ2) is 9.55. The molecular formula is C23H22O5. The van der Waals surface area contributed by atoms with Gasteiger partial charge >= 0.3 is 11.9 Å². The van der Waals surface area contributed by atoms with Gasteiger partial charge in [-0.1, -0.05) is 55.8 Å². The molecule has 1 atom stereocenters. The molecule has 3 aromatic rings. The largest absolute Gasteiger partial charge is 0.466 e. The van der Waals surface area contributed by atoms with Crippen LogP contribution in [0.25, 0.3) is 0 Å². The van der Waals surface area contributed by atoms with Gasteiger partial charge in [-0.05, 0) is 36.2 Å². The van der Waals surface area contributed by atoms with E-state index in [1.165, 1.54) is 6.26 Å². The average molecular weight is 378 g/mol. The first kappa shape index (κ1) is 19.4. The molecule has 0 spiro atoms. The van der Waals surface area contributed by atoms with Crippen LogP contribution in [0.15, 0.2) is 77.4 Å². The summed E-state index contributed by atoms with van der Waals surface area (Å²) in [5, 5.41) is 0. The lowest BCUT2D eigenvalue weighted by atomic mass is 10.1. The number of aryl methyl sites for hydroxylation is 1. The van der Waals surface area contributed by atoms with Crippen LogP contribution in [0, 0.1) is 0 Å². The van der Waals surface area contributed by atoms with Crippen LogP contribution in [0.2, 0.25) is 0 Å². The first-order chi connectivity index (χ1) is 13.7. The number of rotatable bonds is 8. The highest BCUT2D eigenvalue weighted by atomic mass is 16.6. The molecule has 5 heteroatoms. The Bertz CT molecular complexity index is 883. The lowest BCUT2D eigenvalue weighted by Crippen LogP contribution is -2.22. The fourth-order valence-corrected chi connectivity index (χ4v) is 2.76. The number of hydrogen-bond acceptors (Lipinski definition) is 5. The van der Waals surface area contributed by atoms with E-state index in [1.54, 1.807) is 48.5 Å². The molecule has 0 N–H and O–H groups in total. The van der Waals surface area contributed by atoms with Crippen LogP contribution in [0.1, 0.15) is 46.7 Å². The molecule has 1 heterocycles. The van der Waals surface area contributed by atoms with Gasteiger partial charge in [0.05, 0.1) is 11.8 Å². The summed E-state index contributed by atoms with van der Waals surface area (Å²) in [6, 6.07) is 19.4. The van der Waals surface area contributed by atoms with E-state index in [0.29, 0.717) is 16.9 Å². The van der Waals surface area contributed by atoms with Crippen LogP contribution < -0.4 is 0 Å². The summed E-state index contributed by atoms with van der Waals surface area (Å²) in [7, 11) is 0. The van der Waals surface area contributed by atoms with E-state index in [1.807, 2.05) is 18.2 Å². The molecule has 2 aromatic carbocycles. The molecule has 1 aromatic heterocycles. The third-order valence-corrected chi connectivity index (χ3v) is 4.21. The maximum absolute atomic E-state index is 12.6. The van der Waals surface area contributed by atoms with E-state index in [-0.39, 0.29) is 6.61 Å². The van der Waals surface area contributed by atoms with Crippen molar-refractivity contribution in [2.75, 3.05) is 0 Å². The summed E-state index contributed by atoms with van der Waals surface area (Å²) in [5.41, 5.74) is 2.08. The second-order valence-electron chi connectivity index (χ2n) is 6.33. The minimum atomic E-state index is -1.15. The maximum Gasteiger partial charge on any atom is 0.352 e. The molecule has 0 radical (unpaired) electrons. The Labute approximate surface area is 163 Å². The molecule has 0 saturated heterocycles. The van der Waals surface area contributed by atoms with Gasteiger partial charge in [0.2, 0.25) is 6.10 Å². The van der Waals surface area contributed by atoms with Gasteiger partial charge in [0.1, 0.15) is 12.4 Å². The van der Waals surface area contributed by atoms with Crippen LogP contribution in [0.5, 0.6) is 0 Å². The number of ether oxygens (including phenoxy) is 2. The van der Waals surface area contributed by atoms with Crippen molar-refractivity contribution in [2.24, 2.45) is 0 Å². The third-order valence-electron chi connectivity index (χ3n) is 4.21. The van der Waals surface area contributed by atoms with Crippen molar-refractivity contribution < 1.29 is 23.5 Å². The molecule has 0 fully saturated rings. The monoisotopic (exact) mass is 378 g/mol. The number of benzene rings is 2. The molecule has 0 amide bonds. The summed E-state index contributed by atoms with van der Waals surface area (Å²) in [6.45, 7) is 2.07. The van der Waals surface area contributed by atoms with Crippen LogP contribution in [-0.4, -0.2) is 11.9 Å². The Hall–Kier alpha value is -3.34. The van der Waals surface area contributed by atoms with Crippen molar-refractivity contribution in [2.45, 2.75) is 32.5 Å². The third kappa shape index (κ3) is 5.10. The number of carbonyl (C=O) groups is 2. The van der Waals surface area contributed by atoms with Gasteiger partial charge in [0.25, 0.3) is 0 Å². The highest BCUT2D eigenvalue weighted by molar-refractivity contribution is 5.91. The molecule has 0 aliphatic carbocycles. The predicted octanol–water partition coefficient (Wildman–Crippen LogP) is 4.87. The number of hydrogen-bond donors (Lipinski definition) is 0. The van der Waals surface area contributed by atoms with E-state index >= 15 is 0 Å². The van der Waals surface area contributed by atoms with E-state index in [9.17, 15) is 9.59 Å². The van der Waals surface area contributed by atoms with Gasteiger partial charge < -0.3 is 13.9 Å². The molecule has 0 saturated carbocycles. The number of esters is 2. The summed E-state index contributed by atoms with van der Waals surface area (Å²) in [6.07, 6.45) is 2.32. The number of furan rings is 1. The zero-order chi connectivity index (χ0) is 19.8. The smallest absolute Gasteiger partial charge is 0.352 e. The van der Waals surface area contributed by atoms with Crippen LogP contribution in [-0.2, 0) is 27.3 Å². The fourth-order valence-electron chi connectivity index (χ4n) is 2.76. The molecular weight excluding hydrogens is 356 g/mol. The molecule has 3 rings (SSSR count). The number of carbonyl (C=O) groups excluding carboxylic acids is 2. The van der Waals surface area contributed by atoms with Gasteiger partial charge in [-0.3, -0.25) is 0 Å². The zero-order valence-corrected chi connectivity index (χ0v) is 15.7. The minimum absolute atomic E-state index is 0.0293. The molecule has 28 heavy (non-hydrogen) atoms. The van der Waals surface area contributed by atoms with Crippen LogP contribution >= 0.6 is 0 Å². The normalized spacial score (nSPS) is 11.6. The Morgan fingerprint density at radius 1 is 0.964 bits per heavy atom. The predicted molar refractivity (Wildman–Crippen MR) is 104 cm³/mol. The Balaban J connectivity index is 1.73. The molecule has 144 valence electrons. The van der Waals surface area contributed by atoms with Crippen molar-refractivity contribution >= 4 is 11.9 Å². The van der Waals surface area contributed by atoms with Crippen LogP contribution in [0.4, 0.5) is 0 Å². The summed E-state index contributed by atoms with van der Waals surface area (Å²) in [5.74, 6) is -0.719. The van der Waals surface area contributed by atoms with Gasteiger partial charge in [-0.25, -0.2) is 9.59 Å². The van der Waals surface area contributed by atoms with Gasteiger partial charge in [-0.2, -0.15) is 0 Å². The first-order valence-electron chi connectivity index (χ1n) is 9.21.